The van der Waals surface area contributed by atoms with Crippen LogP contribution in [0.25, 0.3) is 0 Å². The monoisotopic (exact) mass is 251 g/mol. The molecular weight excluding hydrogens is 230 g/mol. The predicted molar refractivity (Wildman–Crippen MR) is 70.8 cm³/mol. The van der Waals surface area contributed by atoms with Gasteiger partial charge in [0.2, 0.25) is 0 Å². The summed E-state index contributed by atoms with van der Waals surface area (Å²) in [5.41, 5.74) is 1.13. The van der Waals surface area contributed by atoms with Gasteiger partial charge >= 0.3 is 5.97 Å². The SMILES string of the molecule is CCN(CC)Cc1cccc(OC(C)C(=O)O)c1. The number of nitrogens with zero attached hydrogens (tertiary/aromatic N) is 1. The van der Waals surface area contributed by atoms with E-state index in [0.29, 0.717) is 5.75 Å². The quantitative estimate of drug-likeness (QED) is 0.808. The van der Waals surface area contributed by atoms with Crippen LogP contribution in [0.2, 0.25) is 0 Å². The zero-order valence-electron chi connectivity index (χ0n) is 11.2. The normalized spacial score (nSPS) is 12.4. The first-order valence-corrected chi connectivity index (χ1v) is 6.27. The molecule has 18 heavy (non-hydrogen) atoms. The van der Waals surface area contributed by atoms with Gasteiger partial charge in [0, 0.05) is 6.54 Å². The zero-order valence-corrected chi connectivity index (χ0v) is 11.2. The van der Waals surface area contributed by atoms with E-state index < -0.39 is 12.1 Å². The van der Waals surface area contributed by atoms with Crippen LogP contribution in [0.5, 0.6) is 5.75 Å². The first-order chi connectivity index (χ1) is 8.56. The summed E-state index contributed by atoms with van der Waals surface area (Å²) in [5.74, 6) is -0.348. The maximum Gasteiger partial charge on any atom is 0.344 e. The molecule has 0 bridgehead atoms. The molecule has 0 radical (unpaired) electrons. The summed E-state index contributed by atoms with van der Waals surface area (Å²) in [7, 11) is 0. The molecule has 1 atom stereocenters. The lowest BCUT2D eigenvalue weighted by Crippen LogP contribution is -2.23. The average molecular weight is 251 g/mol. The van der Waals surface area contributed by atoms with Gasteiger partial charge in [-0.05, 0) is 37.7 Å². The van der Waals surface area contributed by atoms with Crippen molar-refractivity contribution in [2.75, 3.05) is 13.1 Å². The molecule has 4 nitrogen and oxygen atoms in total. The van der Waals surface area contributed by atoms with Crippen LogP contribution >= 0.6 is 0 Å². The van der Waals surface area contributed by atoms with E-state index in [1.807, 2.05) is 18.2 Å². The summed E-state index contributed by atoms with van der Waals surface area (Å²) in [6, 6.07) is 7.60. The molecule has 0 aliphatic carbocycles. The Morgan fingerprint density at radius 2 is 2.06 bits per heavy atom. The molecule has 1 rings (SSSR count). The lowest BCUT2D eigenvalue weighted by atomic mass is 10.2. The van der Waals surface area contributed by atoms with Crippen LogP contribution < -0.4 is 4.74 Å². The number of benzene rings is 1. The molecule has 1 aromatic carbocycles. The third kappa shape index (κ3) is 4.37. The highest BCUT2D eigenvalue weighted by atomic mass is 16.5. The summed E-state index contributed by atoms with van der Waals surface area (Å²) < 4.78 is 5.35. The molecule has 1 N–H and O–H groups in total. The van der Waals surface area contributed by atoms with E-state index in [1.54, 1.807) is 6.07 Å². The molecule has 0 amide bonds. The molecule has 1 aromatic rings. The number of carboxylic acid groups (broad SMARTS) is 1. The molecule has 0 aromatic heterocycles. The molecule has 0 aliphatic heterocycles. The Hall–Kier alpha value is -1.55. The fraction of sp³-hybridized carbons (Fsp3) is 0.500. The summed E-state index contributed by atoms with van der Waals surface area (Å²) in [6.07, 6.45) is -0.825. The fourth-order valence-corrected chi connectivity index (χ4v) is 1.68. The van der Waals surface area contributed by atoms with E-state index in [9.17, 15) is 4.79 Å². The van der Waals surface area contributed by atoms with Gasteiger partial charge in [-0.1, -0.05) is 26.0 Å². The molecule has 0 spiro atoms. The van der Waals surface area contributed by atoms with Crippen LogP contribution in [-0.4, -0.2) is 35.2 Å². The third-order valence-electron chi connectivity index (χ3n) is 2.86. The number of hydrogen-bond donors (Lipinski definition) is 1. The van der Waals surface area contributed by atoms with E-state index in [4.69, 9.17) is 9.84 Å². The lowest BCUT2D eigenvalue weighted by molar-refractivity contribution is -0.144. The van der Waals surface area contributed by atoms with Gasteiger partial charge in [0.15, 0.2) is 6.10 Å². The summed E-state index contributed by atoms with van der Waals surface area (Å²) >= 11 is 0. The molecule has 4 heteroatoms. The van der Waals surface area contributed by atoms with E-state index in [-0.39, 0.29) is 0 Å². The van der Waals surface area contributed by atoms with Gasteiger partial charge in [0.25, 0.3) is 0 Å². The maximum absolute atomic E-state index is 10.7. The summed E-state index contributed by atoms with van der Waals surface area (Å²) in [4.78, 5) is 13.0. The van der Waals surface area contributed by atoms with E-state index in [0.717, 1.165) is 25.2 Å². The minimum atomic E-state index is -0.954. The van der Waals surface area contributed by atoms with Crippen molar-refractivity contribution in [3.63, 3.8) is 0 Å². The van der Waals surface area contributed by atoms with E-state index in [2.05, 4.69) is 18.7 Å². The van der Waals surface area contributed by atoms with Gasteiger partial charge in [0.1, 0.15) is 5.75 Å². The smallest absolute Gasteiger partial charge is 0.344 e. The van der Waals surface area contributed by atoms with Crippen molar-refractivity contribution < 1.29 is 14.6 Å². The number of carbonyl (C=O) groups is 1. The Morgan fingerprint density at radius 3 is 2.61 bits per heavy atom. The van der Waals surface area contributed by atoms with Crippen LogP contribution in [0, 0.1) is 0 Å². The van der Waals surface area contributed by atoms with Gasteiger partial charge in [-0.15, -0.1) is 0 Å². The van der Waals surface area contributed by atoms with Crippen molar-refractivity contribution in [1.82, 2.24) is 4.90 Å². The van der Waals surface area contributed by atoms with E-state index >= 15 is 0 Å². The minimum absolute atomic E-state index is 0.606. The number of ether oxygens (including phenoxy) is 1. The first-order valence-electron chi connectivity index (χ1n) is 6.27. The standard InChI is InChI=1S/C14H21NO3/c1-4-15(5-2)10-12-7-6-8-13(9-12)18-11(3)14(16)17/h6-9,11H,4-5,10H2,1-3H3,(H,16,17). The molecule has 0 heterocycles. The molecule has 100 valence electrons. The Bertz CT molecular complexity index is 388. The second-order valence-corrected chi connectivity index (χ2v) is 4.21. The number of carboxylic acids is 1. The van der Waals surface area contributed by atoms with Crippen molar-refractivity contribution in [1.29, 1.82) is 0 Å². The third-order valence-corrected chi connectivity index (χ3v) is 2.86. The average Bonchev–Trinajstić information content (AvgIpc) is 2.36. The maximum atomic E-state index is 10.7. The Morgan fingerprint density at radius 1 is 1.39 bits per heavy atom. The number of aliphatic carboxylic acids is 1. The Kier molecular flexibility index (Phi) is 5.65. The molecular formula is C14H21NO3. The lowest BCUT2D eigenvalue weighted by Gasteiger charge is -2.18. The van der Waals surface area contributed by atoms with Gasteiger partial charge in [-0.2, -0.15) is 0 Å². The van der Waals surface area contributed by atoms with Crippen molar-refractivity contribution in [3.05, 3.63) is 29.8 Å². The molecule has 0 saturated heterocycles. The van der Waals surface area contributed by atoms with Crippen LogP contribution in [0.1, 0.15) is 26.3 Å². The predicted octanol–water partition coefficient (Wildman–Crippen LogP) is 2.38. The molecule has 0 fully saturated rings. The largest absolute Gasteiger partial charge is 0.479 e. The zero-order chi connectivity index (χ0) is 13.5. The Labute approximate surface area is 108 Å². The van der Waals surface area contributed by atoms with Crippen LogP contribution in [0.15, 0.2) is 24.3 Å². The van der Waals surface area contributed by atoms with Crippen molar-refractivity contribution in [2.24, 2.45) is 0 Å². The highest BCUT2D eigenvalue weighted by Gasteiger charge is 2.12. The molecule has 1 unspecified atom stereocenters. The van der Waals surface area contributed by atoms with Gasteiger partial charge < -0.3 is 9.84 Å². The summed E-state index contributed by atoms with van der Waals surface area (Å²) in [6.45, 7) is 8.61. The second kappa shape index (κ2) is 7.01. The first kappa shape index (κ1) is 14.5. The topological polar surface area (TPSA) is 49.8 Å². The summed E-state index contributed by atoms with van der Waals surface area (Å²) in [5, 5.41) is 8.80. The van der Waals surface area contributed by atoms with Crippen molar-refractivity contribution in [3.8, 4) is 5.75 Å². The van der Waals surface area contributed by atoms with Crippen molar-refractivity contribution >= 4 is 5.97 Å². The van der Waals surface area contributed by atoms with Crippen molar-refractivity contribution in [2.45, 2.75) is 33.4 Å². The van der Waals surface area contributed by atoms with Gasteiger partial charge in [-0.25, -0.2) is 4.79 Å². The minimum Gasteiger partial charge on any atom is -0.479 e. The number of hydrogen-bond acceptors (Lipinski definition) is 3. The highest BCUT2D eigenvalue weighted by molar-refractivity contribution is 5.72. The van der Waals surface area contributed by atoms with Crippen LogP contribution in [0.3, 0.4) is 0 Å². The number of rotatable bonds is 7. The second-order valence-electron chi connectivity index (χ2n) is 4.21. The molecule has 0 aliphatic rings. The fourth-order valence-electron chi connectivity index (χ4n) is 1.68. The molecule has 0 saturated carbocycles. The van der Waals surface area contributed by atoms with Gasteiger partial charge in [-0.3, -0.25) is 4.90 Å². The van der Waals surface area contributed by atoms with Crippen LogP contribution in [-0.2, 0) is 11.3 Å². The van der Waals surface area contributed by atoms with Gasteiger partial charge in [0.05, 0.1) is 0 Å². The van der Waals surface area contributed by atoms with Crippen LogP contribution in [0.4, 0.5) is 0 Å². The van der Waals surface area contributed by atoms with E-state index in [1.165, 1.54) is 6.92 Å². The highest BCUT2D eigenvalue weighted by Crippen LogP contribution is 2.16. The Balaban J connectivity index is 2.70.